The third kappa shape index (κ3) is 4.49. The standard InChI is InChI=1S/C15H12F2N2O3S/c1-23-14-10(3-2-6-18-14)15(21)22-8-13(20)19-12-5-4-9(16)7-11(12)17/h2-7H,8H2,1H3,(H,19,20). The minimum Gasteiger partial charge on any atom is -0.452 e. The monoisotopic (exact) mass is 338 g/mol. The maximum atomic E-state index is 13.4. The molecule has 0 atom stereocenters. The normalized spacial score (nSPS) is 10.2. The number of anilines is 1. The van der Waals surface area contributed by atoms with Crippen LogP contribution in [0.2, 0.25) is 0 Å². The lowest BCUT2D eigenvalue weighted by Gasteiger charge is -2.08. The van der Waals surface area contributed by atoms with Crippen LogP contribution in [0, 0.1) is 11.6 Å². The molecular weight excluding hydrogens is 326 g/mol. The summed E-state index contributed by atoms with van der Waals surface area (Å²) in [7, 11) is 0. The largest absolute Gasteiger partial charge is 0.452 e. The van der Waals surface area contributed by atoms with Crippen molar-refractivity contribution in [3.63, 3.8) is 0 Å². The lowest BCUT2D eigenvalue weighted by atomic mass is 10.3. The van der Waals surface area contributed by atoms with Gasteiger partial charge in [0.05, 0.1) is 11.3 Å². The lowest BCUT2D eigenvalue weighted by molar-refractivity contribution is -0.119. The molecule has 0 saturated carbocycles. The van der Waals surface area contributed by atoms with Gasteiger partial charge in [-0.05, 0) is 30.5 Å². The molecule has 0 aliphatic rings. The van der Waals surface area contributed by atoms with Crippen LogP contribution in [0.1, 0.15) is 10.4 Å². The zero-order valence-electron chi connectivity index (χ0n) is 12.0. The van der Waals surface area contributed by atoms with Crippen LogP contribution in [0.3, 0.4) is 0 Å². The van der Waals surface area contributed by atoms with Crippen LogP contribution in [0.4, 0.5) is 14.5 Å². The van der Waals surface area contributed by atoms with Crippen LogP contribution in [0.15, 0.2) is 41.6 Å². The van der Waals surface area contributed by atoms with E-state index in [1.807, 2.05) is 0 Å². The van der Waals surface area contributed by atoms with Crippen LogP contribution in [-0.4, -0.2) is 29.7 Å². The summed E-state index contributed by atoms with van der Waals surface area (Å²) in [5.74, 6) is -3.12. The van der Waals surface area contributed by atoms with Gasteiger partial charge in [0, 0.05) is 12.3 Å². The maximum Gasteiger partial charge on any atom is 0.341 e. The SMILES string of the molecule is CSc1ncccc1C(=O)OCC(=O)Nc1ccc(F)cc1F. The lowest BCUT2D eigenvalue weighted by Crippen LogP contribution is -2.21. The molecule has 120 valence electrons. The van der Waals surface area contributed by atoms with E-state index >= 15 is 0 Å². The average Bonchev–Trinajstić information content (AvgIpc) is 2.55. The number of pyridine rings is 1. The van der Waals surface area contributed by atoms with Crippen LogP contribution in [0.5, 0.6) is 0 Å². The number of carbonyl (C=O) groups is 2. The minimum atomic E-state index is -0.915. The number of thioether (sulfide) groups is 1. The van der Waals surface area contributed by atoms with E-state index in [9.17, 15) is 18.4 Å². The van der Waals surface area contributed by atoms with Gasteiger partial charge in [-0.1, -0.05) is 0 Å². The molecule has 2 rings (SSSR count). The number of hydrogen-bond acceptors (Lipinski definition) is 5. The Bertz CT molecular complexity index is 740. The second kappa shape index (κ2) is 7.68. The molecule has 0 radical (unpaired) electrons. The molecule has 1 aromatic carbocycles. The second-order valence-corrected chi connectivity index (χ2v) is 5.10. The molecule has 0 unspecified atom stereocenters. The van der Waals surface area contributed by atoms with Crippen molar-refractivity contribution in [1.82, 2.24) is 4.98 Å². The average molecular weight is 338 g/mol. The van der Waals surface area contributed by atoms with E-state index in [4.69, 9.17) is 4.74 Å². The number of amides is 1. The van der Waals surface area contributed by atoms with Gasteiger partial charge in [0.2, 0.25) is 0 Å². The summed E-state index contributed by atoms with van der Waals surface area (Å²) in [5, 5.41) is 2.67. The molecule has 5 nitrogen and oxygen atoms in total. The minimum absolute atomic E-state index is 0.196. The molecule has 1 amide bonds. The fourth-order valence-corrected chi connectivity index (χ4v) is 2.23. The highest BCUT2D eigenvalue weighted by Gasteiger charge is 2.15. The van der Waals surface area contributed by atoms with Crippen LogP contribution >= 0.6 is 11.8 Å². The van der Waals surface area contributed by atoms with Crippen molar-refractivity contribution in [2.45, 2.75) is 5.03 Å². The predicted molar refractivity (Wildman–Crippen MR) is 81.3 cm³/mol. The van der Waals surface area contributed by atoms with E-state index in [0.29, 0.717) is 11.1 Å². The molecular formula is C15H12F2N2O3S. The maximum absolute atomic E-state index is 13.4. The van der Waals surface area contributed by atoms with E-state index in [2.05, 4.69) is 10.3 Å². The summed E-state index contributed by atoms with van der Waals surface area (Å²) in [4.78, 5) is 27.6. The molecule has 0 spiro atoms. The fourth-order valence-electron chi connectivity index (χ4n) is 1.69. The number of aromatic nitrogens is 1. The van der Waals surface area contributed by atoms with Crippen molar-refractivity contribution in [3.8, 4) is 0 Å². The van der Waals surface area contributed by atoms with Crippen molar-refractivity contribution < 1.29 is 23.1 Å². The quantitative estimate of drug-likeness (QED) is 0.671. The number of nitrogens with one attached hydrogen (secondary N) is 1. The molecule has 8 heteroatoms. The number of hydrogen-bond donors (Lipinski definition) is 1. The van der Waals surface area contributed by atoms with Crippen LogP contribution in [-0.2, 0) is 9.53 Å². The zero-order chi connectivity index (χ0) is 16.8. The van der Waals surface area contributed by atoms with Gasteiger partial charge >= 0.3 is 5.97 Å². The first-order chi connectivity index (χ1) is 11.0. The number of esters is 1. The van der Waals surface area contributed by atoms with Gasteiger partial charge in [-0.15, -0.1) is 11.8 Å². The van der Waals surface area contributed by atoms with E-state index in [-0.39, 0.29) is 11.3 Å². The number of benzene rings is 1. The van der Waals surface area contributed by atoms with Gasteiger partial charge in [-0.3, -0.25) is 4.79 Å². The zero-order valence-corrected chi connectivity index (χ0v) is 12.8. The molecule has 2 aromatic rings. The highest BCUT2D eigenvalue weighted by molar-refractivity contribution is 7.98. The summed E-state index contributed by atoms with van der Waals surface area (Å²) in [5.41, 5.74) is 0.0411. The topological polar surface area (TPSA) is 68.3 Å². The third-order valence-electron chi connectivity index (χ3n) is 2.72. The predicted octanol–water partition coefficient (Wildman–Crippen LogP) is 2.88. The van der Waals surface area contributed by atoms with E-state index < -0.39 is 30.1 Å². The number of nitrogens with zero attached hydrogens (tertiary/aromatic N) is 1. The first-order valence-electron chi connectivity index (χ1n) is 6.42. The number of halogens is 2. The molecule has 1 heterocycles. The second-order valence-electron chi connectivity index (χ2n) is 4.31. The Hall–Kier alpha value is -2.48. The molecule has 0 aliphatic carbocycles. The van der Waals surface area contributed by atoms with Gasteiger partial charge in [0.15, 0.2) is 6.61 Å². The number of ether oxygens (including phenoxy) is 1. The van der Waals surface area contributed by atoms with Gasteiger partial charge in [0.1, 0.15) is 16.7 Å². The highest BCUT2D eigenvalue weighted by atomic mass is 32.2. The molecule has 0 saturated heterocycles. The van der Waals surface area contributed by atoms with Gasteiger partial charge < -0.3 is 10.1 Å². The van der Waals surface area contributed by atoms with Gasteiger partial charge in [-0.2, -0.15) is 0 Å². The van der Waals surface area contributed by atoms with Gasteiger partial charge in [-0.25, -0.2) is 18.6 Å². The molecule has 1 N–H and O–H groups in total. The molecule has 1 aromatic heterocycles. The molecule has 0 bridgehead atoms. The van der Waals surface area contributed by atoms with Crippen molar-refractivity contribution in [2.75, 3.05) is 18.2 Å². The summed E-state index contributed by atoms with van der Waals surface area (Å²) in [6.45, 7) is -0.599. The smallest absolute Gasteiger partial charge is 0.341 e. The third-order valence-corrected chi connectivity index (χ3v) is 3.44. The number of rotatable bonds is 5. The van der Waals surface area contributed by atoms with Gasteiger partial charge in [0.25, 0.3) is 5.91 Å². The van der Waals surface area contributed by atoms with E-state index in [0.717, 1.165) is 12.1 Å². The summed E-state index contributed by atoms with van der Waals surface area (Å²) < 4.78 is 31.0. The first-order valence-corrected chi connectivity index (χ1v) is 7.64. The molecule has 0 aliphatic heterocycles. The molecule has 23 heavy (non-hydrogen) atoms. The van der Waals surface area contributed by atoms with Crippen molar-refractivity contribution in [2.24, 2.45) is 0 Å². The summed E-state index contributed by atoms with van der Waals surface area (Å²) in [6.07, 6.45) is 3.29. The van der Waals surface area contributed by atoms with Crippen LogP contribution in [0.25, 0.3) is 0 Å². The highest BCUT2D eigenvalue weighted by Crippen LogP contribution is 2.18. The Morgan fingerprint density at radius 1 is 1.30 bits per heavy atom. The Kier molecular flexibility index (Phi) is 5.64. The van der Waals surface area contributed by atoms with Crippen molar-refractivity contribution >= 4 is 29.3 Å². The fraction of sp³-hybridized carbons (Fsp3) is 0.133. The number of carbonyl (C=O) groups excluding carboxylic acids is 2. The molecule has 0 fully saturated rings. The Morgan fingerprint density at radius 2 is 2.09 bits per heavy atom. The Balaban J connectivity index is 1.95. The van der Waals surface area contributed by atoms with Crippen molar-refractivity contribution in [3.05, 3.63) is 53.7 Å². The summed E-state index contributed by atoms with van der Waals surface area (Å²) >= 11 is 1.27. The Labute approximate surface area is 135 Å². The Morgan fingerprint density at radius 3 is 2.78 bits per heavy atom. The van der Waals surface area contributed by atoms with E-state index in [1.54, 1.807) is 12.3 Å². The van der Waals surface area contributed by atoms with Crippen molar-refractivity contribution in [1.29, 1.82) is 0 Å². The first kappa shape index (κ1) is 16.9. The van der Waals surface area contributed by atoms with Crippen LogP contribution < -0.4 is 5.32 Å². The van der Waals surface area contributed by atoms with E-state index in [1.165, 1.54) is 24.0 Å². The summed E-state index contributed by atoms with van der Waals surface area (Å²) in [6, 6.07) is 5.83.